The molecule has 0 spiro atoms. The Morgan fingerprint density at radius 3 is 2.48 bits per heavy atom. The van der Waals surface area contributed by atoms with E-state index in [-0.39, 0.29) is 11.9 Å². The average Bonchev–Trinajstić information content (AvgIpc) is 2.53. The number of nitrogens with one attached hydrogen (secondary N) is 1. The highest BCUT2D eigenvalue weighted by molar-refractivity contribution is 5.81. The molecule has 0 aromatic carbocycles. The zero-order chi connectivity index (χ0) is 15.2. The second kappa shape index (κ2) is 8.11. The monoisotopic (exact) mass is 296 g/mol. The van der Waals surface area contributed by atoms with E-state index in [9.17, 15) is 4.79 Å². The van der Waals surface area contributed by atoms with Crippen molar-refractivity contribution in [2.75, 3.05) is 53.9 Å². The third kappa shape index (κ3) is 4.94. The lowest BCUT2D eigenvalue weighted by Gasteiger charge is -2.36. The summed E-state index contributed by atoms with van der Waals surface area (Å²) < 4.78 is 0. The van der Waals surface area contributed by atoms with Gasteiger partial charge in [0.15, 0.2) is 0 Å². The molecule has 2 heterocycles. The van der Waals surface area contributed by atoms with Crippen molar-refractivity contribution >= 4 is 5.91 Å². The number of carbonyl (C=O) groups excluding carboxylic acids is 1. The Morgan fingerprint density at radius 1 is 1.14 bits per heavy atom. The van der Waals surface area contributed by atoms with Crippen molar-refractivity contribution in [2.45, 2.75) is 44.2 Å². The van der Waals surface area contributed by atoms with Gasteiger partial charge >= 0.3 is 0 Å². The lowest BCUT2D eigenvalue weighted by molar-refractivity contribution is -0.132. The molecular formula is C16H32N4O. The van der Waals surface area contributed by atoms with Crippen molar-refractivity contribution < 1.29 is 4.79 Å². The number of likely N-dealkylation sites (tertiary alicyclic amines) is 1. The molecule has 0 radical (unpaired) electrons. The van der Waals surface area contributed by atoms with Crippen LogP contribution < -0.4 is 5.32 Å². The Balaban J connectivity index is 1.70. The van der Waals surface area contributed by atoms with Gasteiger partial charge in [-0.25, -0.2) is 0 Å². The maximum Gasteiger partial charge on any atom is 0.239 e. The molecule has 5 heteroatoms. The molecule has 0 aliphatic carbocycles. The third-order valence-corrected chi connectivity index (χ3v) is 5.08. The Morgan fingerprint density at radius 2 is 1.86 bits per heavy atom. The first kappa shape index (κ1) is 16.7. The molecule has 0 aromatic heterocycles. The Bertz CT molecular complexity index is 322. The van der Waals surface area contributed by atoms with Crippen LogP contribution in [0, 0.1) is 0 Å². The predicted molar refractivity (Wildman–Crippen MR) is 86.4 cm³/mol. The highest BCUT2D eigenvalue weighted by atomic mass is 16.2. The first-order valence-electron chi connectivity index (χ1n) is 8.45. The Labute approximate surface area is 129 Å². The summed E-state index contributed by atoms with van der Waals surface area (Å²) in [5.74, 6) is 0.270. The molecule has 1 unspecified atom stereocenters. The van der Waals surface area contributed by atoms with E-state index in [0.717, 1.165) is 26.1 Å². The maximum absolute atomic E-state index is 12.4. The number of carbonyl (C=O) groups is 1. The van der Waals surface area contributed by atoms with Crippen LogP contribution in [0.1, 0.15) is 32.1 Å². The van der Waals surface area contributed by atoms with Crippen molar-refractivity contribution in [1.29, 1.82) is 0 Å². The van der Waals surface area contributed by atoms with Crippen molar-refractivity contribution in [3.05, 3.63) is 0 Å². The van der Waals surface area contributed by atoms with Crippen LogP contribution in [0.15, 0.2) is 0 Å². The number of rotatable bonds is 5. The normalized spacial score (nSPS) is 25.2. The fourth-order valence-corrected chi connectivity index (χ4v) is 3.36. The van der Waals surface area contributed by atoms with Crippen LogP contribution in [-0.2, 0) is 4.79 Å². The molecule has 0 aromatic rings. The van der Waals surface area contributed by atoms with Crippen LogP contribution in [0.25, 0.3) is 0 Å². The third-order valence-electron chi connectivity index (χ3n) is 5.08. The van der Waals surface area contributed by atoms with Gasteiger partial charge in [0.1, 0.15) is 0 Å². The first-order valence-corrected chi connectivity index (χ1v) is 8.45. The van der Waals surface area contributed by atoms with Gasteiger partial charge in [0, 0.05) is 26.2 Å². The van der Waals surface area contributed by atoms with Crippen molar-refractivity contribution in [3.63, 3.8) is 0 Å². The van der Waals surface area contributed by atoms with Crippen LogP contribution >= 0.6 is 0 Å². The van der Waals surface area contributed by atoms with Crippen molar-refractivity contribution in [3.8, 4) is 0 Å². The largest absolute Gasteiger partial charge is 0.343 e. The molecule has 1 atom stereocenters. The number of likely N-dealkylation sites (N-methyl/N-ethyl adjacent to an activating group) is 2. The fourth-order valence-electron chi connectivity index (χ4n) is 3.36. The minimum atomic E-state index is 0.0531. The van der Waals surface area contributed by atoms with E-state index in [2.05, 4.69) is 29.2 Å². The number of piperidine rings is 2. The summed E-state index contributed by atoms with van der Waals surface area (Å²) in [5, 5.41) is 3.35. The SMILES string of the molecule is CN1CCC(N(C)CCN(C)C(=O)C2CCCCN2)CC1. The second-order valence-corrected chi connectivity index (χ2v) is 6.78. The van der Waals surface area contributed by atoms with Crippen LogP contribution in [-0.4, -0.2) is 86.6 Å². The average molecular weight is 296 g/mol. The zero-order valence-corrected chi connectivity index (χ0v) is 14.0. The molecule has 1 N–H and O–H groups in total. The molecule has 122 valence electrons. The molecule has 5 nitrogen and oxygen atoms in total. The summed E-state index contributed by atoms with van der Waals surface area (Å²) >= 11 is 0. The maximum atomic E-state index is 12.4. The van der Waals surface area contributed by atoms with Crippen LogP contribution in [0.4, 0.5) is 0 Å². The smallest absolute Gasteiger partial charge is 0.239 e. The standard InChI is InChI=1S/C16H32N4O/c1-18-10-7-14(8-11-18)19(2)12-13-20(3)16(21)15-6-4-5-9-17-15/h14-15,17H,4-13H2,1-3H3. The minimum absolute atomic E-state index is 0.0531. The fraction of sp³-hybridized carbons (Fsp3) is 0.938. The zero-order valence-electron chi connectivity index (χ0n) is 14.0. The van der Waals surface area contributed by atoms with E-state index in [4.69, 9.17) is 0 Å². The summed E-state index contributed by atoms with van der Waals surface area (Å²) in [6, 6.07) is 0.731. The van der Waals surface area contributed by atoms with Gasteiger partial charge in [0.25, 0.3) is 0 Å². The highest BCUT2D eigenvalue weighted by Crippen LogP contribution is 2.14. The molecule has 2 fully saturated rings. The van der Waals surface area contributed by atoms with Gasteiger partial charge in [-0.3, -0.25) is 4.79 Å². The van der Waals surface area contributed by atoms with Gasteiger partial charge in [0.2, 0.25) is 5.91 Å². The highest BCUT2D eigenvalue weighted by Gasteiger charge is 2.25. The molecule has 2 aliphatic heterocycles. The lowest BCUT2D eigenvalue weighted by Crippen LogP contribution is -2.49. The van der Waals surface area contributed by atoms with E-state index < -0.39 is 0 Å². The van der Waals surface area contributed by atoms with Crippen molar-refractivity contribution in [2.24, 2.45) is 0 Å². The summed E-state index contributed by atoms with van der Waals surface area (Å²) in [7, 11) is 6.34. The first-order chi connectivity index (χ1) is 10.1. The van der Waals surface area contributed by atoms with Gasteiger partial charge in [-0.2, -0.15) is 0 Å². The molecule has 21 heavy (non-hydrogen) atoms. The molecule has 1 amide bonds. The lowest BCUT2D eigenvalue weighted by atomic mass is 10.0. The second-order valence-electron chi connectivity index (χ2n) is 6.78. The quantitative estimate of drug-likeness (QED) is 0.807. The topological polar surface area (TPSA) is 38.8 Å². The molecule has 0 bridgehead atoms. The number of amides is 1. The molecular weight excluding hydrogens is 264 g/mol. The number of hydrogen-bond acceptors (Lipinski definition) is 4. The number of nitrogens with zero attached hydrogens (tertiary/aromatic N) is 3. The van der Waals surface area contributed by atoms with Gasteiger partial charge in [-0.05, 0) is 59.4 Å². The van der Waals surface area contributed by atoms with Gasteiger partial charge in [-0.15, -0.1) is 0 Å². The summed E-state index contributed by atoms with van der Waals surface area (Å²) in [5.41, 5.74) is 0. The molecule has 2 aliphatic rings. The van der Waals surface area contributed by atoms with Crippen LogP contribution in [0.2, 0.25) is 0 Å². The van der Waals surface area contributed by atoms with Crippen molar-refractivity contribution in [1.82, 2.24) is 20.0 Å². The predicted octanol–water partition coefficient (Wildman–Crippen LogP) is 0.613. The minimum Gasteiger partial charge on any atom is -0.343 e. The van der Waals surface area contributed by atoms with E-state index in [0.29, 0.717) is 6.04 Å². The van der Waals surface area contributed by atoms with E-state index >= 15 is 0 Å². The molecule has 2 rings (SSSR count). The van der Waals surface area contributed by atoms with Crippen LogP contribution in [0.3, 0.4) is 0 Å². The van der Waals surface area contributed by atoms with E-state index in [1.807, 2.05) is 11.9 Å². The van der Waals surface area contributed by atoms with Crippen LogP contribution in [0.5, 0.6) is 0 Å². The van der Waals surface area contributed by atoms with E-state index in [1.165, 1.54) is 38.8 Å². The van der Waals surface area contributed by atoms with E-state index in [1.54, 1.807) is 0 Å². The number of hydrogen-bond donors (Lipinski definition) is 1. The molecule has 2 saturated heterocycles. The van der Waals surface area contributed by atoms with Gasteiger partial charge in [-0.1, -0.05) is 6.42 Å². The Hall–Kier alpha value is -0.650. The van der Waals surface area contributed by atoms with Gasteiger partial charge < -0.3 is 20.0 Å². The van der Waals surface area contributed by atoms with Gasteiger partial charge in [0.05, 0.1) is 6.04 Å². The Kier molecular flexibility index (Phi) is 6.45. The molecule has 0 saturated carbocycles. The summed E-state index contributed by atoms with van der Waals surface area (Å²) in [6.07, 6.45) is 5.86. The summed E-state index contributed by atoms with van der Waals surface area (Å²) in [4.78, 5) is 19.1. The summed E-state index contributed by atoms with van der Waals surface area (Å²) in [6.45, 7) is 5.18.